The first-order chi connectivity index (χ1) is 4.62. The molecule has 0 N–H and O–H groups in total. The van der Waals surface area contributed by atoms with Crippen molar-refractivity contribution >= 4 is 7.28 Å². The summed E-state index contributed by atoms with van der Waals surface area (Å²) in [5.74, 6) is 0. The summed E-state index contributed by atoms with van der Waals surface area (Å²) in [7, 11) is 2.05. The largest absolute Gasteiger partial charge is 0.382 e. The van der Waals surface area contributed by atoms with E-state index in [9.17, 15) is 0 Å². The van der Waals surface area contributed by atoms with Crippen LogP contribution >= 0.6 is 7.28 Å². The molecule has 0 heterocycles. The topological polar surface area (TPSA) is 30.8 Å². The molecule has 0 saturated carbocycles. The zero-order chi connectivity index (χ0) is 8.04. The fourth-order valence-electron chi connectivity index (χ4n) is 0.402. The van der Waals surface area contributed by atoms with Crippen molar-refractivity contribution in [1.29, 1.82) is 0 Å². The molecular weight excluding hydrogens is 173 g/mol. The highest BCUT2D eigenvalue weighted by molar-refractivity contribution is 7.59. The van der Waals surface area contributed by atoms with Gasteiger partial charge in [-0.1, -0.05) is 14.9 Å². The van der Waals surface area contributed by atoms with Crippen LogP contribution in [0.2, 0.25) is 0 Å². The van der Waals surface area contributed by atoms with E-state index in [0.29, 0.717) is 13.2 Å². The average molecular weight is 197 g/mol. The van der Waals surface area contributed by atoms with E-state index in [1.807, 2.05) is 13.3 Å². The summed E-state index contributed by atoms with van der Waals surface area (Å²) >= 11 is 0. The van der Waals surface area contributed by atoms with Crippen LogP contribution in [0, 0.1) is 0 Å². The van der Waals surface area contributed by atoms with Crippen molar-refractivity contribution in [2.75, 3.05) is 40.7 Å². The highest BCUT2D eigenvalue weighted by Crippen LogP contribution is 2.40. The third kappa shape index (κ3) is 10.2. The lowest BCUT2D eigenvalue weighted by Gasteiger charge is -2.12. The fraction of sp³-hybridized carbons (Fsp3) is 1.00. The van der Waals surface area contributed by atoms with E-state index in [1.54, 1.807) is 14.2 Å². The first-order valence-corrected chi connectivity index (χ1v) is 5.76. The summed E-state index contributed by atoms with van der Waals surface area (Å²) in [4.78, 5) is 0. The van der Waals surface area contributed by atoms with Crippen LogP contribution in [0.1, 0.15) is 14.9 Å². The number of rotatable bonds is 4. The number of ether oxygens (including phenoxy) is 1. The molecule has 0 aliphatic heterocycles. The summed E-state index contributed by atoms with van der Waals surface area (Å²) in [6.07, 6.45) is 0. The summed E-state index contributed by atoms with van der Waals surface area (Å²) in [6.45, 7) is 5.36. The molecule has 0 atom stereocenters. The lowest BCUT2D eigenvalue weighted by atomic mass is 10.8. The van der Waals surface area contributed by atoms with E-state index in [4.69, 9.17) is 9.26 Å². The molecule has 0 bridgehead atoms. The van der Waals surface area contributed by atoms with Crippen LogP contribution < -0.4 is 0 Å². The second-order valence-electron chi connectivity index (χ2n) is 2.32. The molecule has 0 amide bonds. The molecule has 12 heavy (non-hydrogen) atoms. The first-order valence-electron chi connectivity index (χ1n) is 3.21. The summed E-state index contributed by atoms with van der Waals surface area (Å²) < 4.78 is 14.4. The Morgan fingerprint density at radius 2 is 1.67 bits per heavy atom. The lowest BCUT2D eigenvalue weighted by Crippen LogP contribution is -1.98. The molecule has 0 aliphatic rings. The van der Waals surface area contributed by atoms with E-state index in [-0.39, 0.29) is 14.9 Å². The van der Waals surface area contributed by atoms with Gasteiger partial charge >= 0.3 is 0 Å². The van der Waals surface area contributed by atoms with Crippen molar-refractivity contribution in [2.24, 2.45) is 4.74 Å². The van der Waals surface area contributed by atoms with Crippen LogP contribution in [0.25, 0.3) is 0 Å². The minimum absolute atomic E-state index is 0. The third-order valence-corrected chi connectivity index (χ3v) is 2.95. The third-order valence-electron chi connectivity index (χ3n) is 1.18. The molecule has 78 valence electrons. The zero-order valence-electron chi connectivity index (χ0n) is 7.13. The molecule has 0 aromatic heterocycles. The molecular formula is C8H24NO2P. The first kappa shape index (κ1) is 18.0. The van der Waals surface area contributed by atoms with Crippen LogP contribution in [-0.4, -0.2) is 40.7 Å². The van der Waals surface area contributed by atoms with E-state index in [2.05, 4.69) is 4.74 Å². The molecule has 0 radical (unpaired) electrons. The SMILES string of the molecule is C.C.CN=P(C)(C)OCCOC. The van der Waals surface area contributed by atoms with Gasteiger partial charge in [-0.05, 0) is 13.3 Å². The number of hydrogen-bond donors (Lipinski definition) is 0. The normalized spacial score (nSPS) is 9.67. The van der Waals surface area contributed by atoms with Gasteiger partial charge in [-0.3, -0.25) is 4.74 Å². The van der Waals surface area contributed by atoms with Crippen molar-refractivity contribution in [3.8, 4) is 0 Å². The number of methoxy groups -OCH3 is 1. The fourth-order valence-corrected chi connectivity index (χ4v) is 1.04. The van der Waals surface area contributed by atoms with Gasteiger partial charge in [-0.15, -0.1) is 0 Å². The van der Waals surface area contributed by atoms with Crippen molar-refractivity contribution in [3.63, 3.8) is 0 Å². The maximum atomic E-state index is 5.44. The van der Waals surface area contributed by atoms with Crippen molar-refractivity contribution in [3.05, 3.63) is 0 Å². The number of hydrogen-bond acceptors (Lipinski definition) is 3. The minimum atomic E-state index is -1.41. The van der Waals surface area contributed by atoms with Crippen LogP contribution in [-0.2, 0) is 9.26 Å². The predicted octanol–water partition coefficient (Wildman–Crippen LogP) is 2.93. The van der Waals surface area contributed by atoms with Crippen molar-refractivity contribution in [2.45, 2.75) is 14.9 Å². The van der Waals surface area contributed by atoms with Gasteiger partial charge in [0.25, 0.3) is 0 Å². The Morgan fingerprint density at radius 3 is 2.00 bits per heavy atom. The molecule has 0 spiro atoms. The van der Waals surface area contributed by atoms with Crippen molar-refractivity contribution in [1.82, 2.24) is 0 Å². The van der Waals surface area contributed by atoms with Crippen molar-refractivity contribution < 1.29 is 9.26 Å². The van der Waals surface area contributed by atoms with Gasteiger partial charge in [0, 0.05) is 14.2 Å². The van der Waals surface area contributed by atoms with Gasteiger partial charge < -0.3 is 9.26 Å². The van der Waals surface area contributed by atoms with E-state index >= 15 is 0 Å². The molecule has 0 rings (SSSR count). The smallest absolute Gasteiger partial charge is 0.0789 e. The summed E-state index contributed by atoms with van der Waals surface area (Å²) in [5.41, 5.74) is 0. The van der Waals surface area contributed by atoms with E-state index in [0.717, 1.165) is 0 Å². The minimum Gasteiger partial charge on any atom is -0.382 e. The zero-order valence-corrected chi connectivity index (χ0v) is 8.02. The second kappa shape index (κ2) is 9.24. The van der Waals surface area contributed by atoms with Crippen LogP contribution in [0.15, 0.2) is 4.74 Å². The molecule has 0 aliphatic carbocycles. The average Bonchev–Trinajstić information content (AvgIpc) is 1.89. The molecule has 4 heteroatoms. The standard InChI is InChI=1S/C6H16NO2P.2CH4/c1-7-10(3,4)9-6-5-8-2;;/h5-6H2,1-4H3;2*1H4. The van der Waals surface area contributed by atoms with Gasteiger partial charge in [0.1, 0.15) is 0 Å². The summed E-state index contributed by atoms with van der Waals surface area (Å²) in [6, 6.07) is 0. The summed E-state index contributed by atoms with van der Waals surface area (Å²) in [5, 5.41) is 0. The number of nitrogens with zero attached hydrogens (tertiary/aromatic N) is 1. The van der Waals surface area contributed by atoms with Crippen LogP contribution in [0.4, 0.5) is 0 Å². The predicted molar refractivity (Wildman–Crippen MR) is 58.4 cm³/mol. The van der Waals surface area contributed by atoms with E-state index < -0.39 is 7.28 Å². The van der Waals surface area contributed by atoms with Crippen LogP contribution in [0.5, 0.6) is 0 Å². The lowest BCUT2D eigenvalue weighted by molar-refractivity contribution is 0.152. The molecule has 0 fully saturated rings. The van der Waals surface area contributed by atoms with Gasteiger partial charge in [0.15, 0.2) is 0 Å². The molecule has 0 aromatic rings. The molecule has 0 aromatic carbocycles. The Hall–Kier alpha value is 0.150. The maximum absolute atomic E-state index is 5.44. The second-order valence-corrected chi connectivity index (χ2v) is 5.57. The Morgan fingerprint density at radius 1 is 1.17 bits per heavy atom. The Bertz CT molecular complexity index is 131. The quantitative estimate of drug-likeness (QED) is 0.512. The Labute approximate surface area is 77.6 Å². The molecule has 0 unspecified atom stereocenters. The molecule has 0 saturated heterocycles. The maximum Gasteiger partial charge on any atom is 0.0789 e. The monoisotopic (exact) mass is 197 g/mol. The van der Waals surface area contributed by atoms with Gasteiger partial charge in [-0.25, -0.2) is 0 Å². The van der Waals surface area contributed by atoms with E-state index in [1.165, 1.54) is 0 Å². The Balaban J connectivity index is -0.000000405. The Kier molecular flexibility index (Phi) is 13.9. The highest BCUT2D eigenvalue weighted by atomic mass is 31.2. The molecule has 3 nitrogen and oxygen atoms in total. The van der Waals surface area contributed by atoms with Crippen LogP contribution in [0.3, 0.4) is 0 Å². The van der Waals surface area contributed by atoms with Gasteiger partial charge in [-0.2, -0.15) is 0 Å². The van der Waals surface area contributed by atoms with Gasteiger partial charge in [0.05, 0.1) is 20.5 Å². The van der Waals surface area contributed by atoms with Gasteiger partial charge in [0.2, 0.25) is 0 Å². The highest BCUT2D eigenvalue weighted by Gasteiger charge is 2.01.